The Morgan fingerprint density at radius 1 is 1.17 bits per heavy atom. The number of piperidine rings is 1. The van der Waals surface area contributed by atoms with Gasteiger partial charge in [-0.25, -0.2) is 4.39 Å². The van der Waals surface area contributed by atoms with Gasteiger partial charge in [0.2, 0.25) is 0 Å². The zero-order valence-electron chi connectivity index (χ0n) is 17.4. The zero-order valence-corrected chi connectivity index (χ0v) is 18.2. The van der Waals surface area contributed by atoms with Crippen LogP contribution in [0.4, 0.5) is 4.39 Å². The van der Waals surface area contributed by atoms with Crippen molar-refractivity contribution >= 4 is 22.0 Å². The van der Waals surface area contributed by atoms with Gasteiger partial charge in [-0.05, 0) is 58.4 Å². The number of H-pyrrole nitrogens is 1. The van der Waals surface area contributed by atoms with Crippen molar-refractivity contribution in [1.29, 1.82) is 10.8 Å². The minimum Gasteiger partial charge on any atom is -0.351 e. The first-order chi connectivity index (χ1) is 13.5. The predicted molar refractivity (Wildman–Crippen MR) is 116 cm³/mol. The lowest BCUT2D eigenvalue weighted by Gasteiger charge is -2.49. The van der Waals surface area contributed by atoms with Gasteiger partial charge >= 0.3 is 0 Å². The quantitative estimate of drug-likeness (QED) is 0.449. The van der Waals surface area contributed by atoms with Gasteiger partial charge < -0.3 is 10.2 Å². The second kappa shape index (κ2) is 7.87. The summed E-state index contributed by atoms with van der Waals surface area (Å²) < 4.78 is 14.6. The first kappa shape index (κ1) is 21.4. The molecule has 156 valence electrons. The van der Waals surface area contributed by atoms with E-state index in [2.05, 4.69) is 48.2 Å². The number of aromatic amines is 1. The number of nitrogens with zero attached hydrogens (tertiary/aromatic N) is 3. The first-order valence-electron chi connectivity index (χ1n) is 9.50. The Hall–Kier alpha value is -2.26. The van der Waals surface area contributed by atoms with Crippen LogP contribution in [0.25, 0.3) is 11.1 Å². The second-order valence-corrected chi connectivity index (χ2v) is 9.84. The molecule has 1 aliphatic heterocycles. The molecule has 0 saturated carbocycles. The lowest BCUT2D eigenvalue weighted by atomic mass is 9.79. The molecule has 3 rings (SSSR count). The summed E-state index contributed by atoms with van der Waals surface area (Å²) in [6.07, 6.45) is 6.53. The Morgan fingerprint density at radius 2 is 1.83 bits per heavy atom. The number of thioether (sulfide) groups is 1. The van der Waals surface area contributed by atoms with E-state index in [-0.39, 0.29) is 33.0 Å². The summed E-state index contributed by atoms with van der Waals surface area (Å²) in [5.41, 5.74) is 1.17. The average molecular weight is 418 g/mol. The van der Waals surface area contributed by atoms with Gasteiger partial charge in [-0.1, -0.05) is 0 Å². The maximum Gasteiger partial charge on any atom is 0.162 e. The van der Waals surface area contributed by atoms with Crippen molar-refractivity contribution in [2.45, 2.75) is 57.7 Å². The van der Waals surface area contributed by atoms with Gasteiger partial charge in [0.25, 0.3) is 0 Å². The number of amidine groups is 1. The highest BCUT2D eigenvalue weighted by atomic mass is 32.2. The van der Waals surface area contributed by atoms with E-state index in [1.165, 1.54) is 12.3 Å². The van der Waals surface area contributed by atoms with Crippen molar-refractivity contribution in [3.63, 3.8) is 0 Å². The van der Waals surface area contributed by atoms with Crippen molar-refractivity contribution in [2.75, 3.05) is 7.05 Å². The van der Waals surface area contributed by atoms with Crippen molar-refractivity contribution < 1.29 is 4.39 Å². The molecule has 1 fully saturated rings. The van der Waals surface area contributed by atoms with Crippen LogP contribution in [-0.4, -0.2) is 54.5 Å². The molecule has 4 N–H and O–H groups in total. The van der Waals surface area contributed by atoms with E-state index in [0.29, 0.717) is 5.56 Å². The van der Waals surface area contributed by atoms with Gasteiger partial charge in [0, 0.05) is 47.7 Å². The summed E-state index contributed by atoms with van der Waals surface area (Å²) in [5.74, 6) is -0.583. The molecule has 0 bridgehead atoms. The number of aromatic nitrogens is 3. The third-order valence-corrected chi connectivity index (χ3v) is 6.00. The maximum atomic E-state index is 14.6. The fourth-order valence-electron chi connectivity index (χ4n) is 4.10. The number of hydrogen-bond acceptors (Lipinski definition) is 6. The standard InChI is InChI=1S/C20H28FN7S/c1-19(2)7-14(8-20(3,4)27-19)28(5)18(23)29-17(22)16-15(21)6-12(9-24-16)13-10-25-26-11-13/h6,9-11,14,22-23,27H,7-8H2,1-5H3,(H,25,26). The Labute approximate surface area is 174 Å². The number of nitrogens with one attached hydrogen (secondary N) is 4. The fraction of sp³-hybridized carbons (Fsp3) is 0.500. The number of hydrogen-bond donors (Lipinski definition) is 4. The SMILES string of the molecule is CN(C(=N)SC(=N)c1ncc(-c2cn[nH]c2)cc1F)C1CC(C)(C)NC(C)(C)C1. The number of rotatable bonds is 3. The Morgan fingerprint density at radius 3 is 2.38 bits per heavy atom. The molecule has 0 aliphatic carbocycles. The molecule has 3 heterocycles. The average Bonchev–Trinajstić information content (AvgIpc) is 3.12. The maximum absolute atomic E-state index is 14.6. The van der Waals surface area contributed by atoms with E-state index in [1.54, 1.807) is 12.4 Å². The Bertz CT molecular complexity index is 892. The zero-order chi connectivity index (χ0) is 21.4. The first-order valence-corrected chi connectivity index (χ1v) is 10.3. The highest BCUT2D eigenvalue weighted by Crippen LogP contribution is 2.32. The molecule has 0 atom stereocenters. The molecule has 2 aromatic heterocycles. The number of pyridine rings is 1. The largest absolute Gasteiger partial charge is 0.351 e. The van der Waals surface area contributed by atoms with Crippen LogP contribution < -0.4 is 5.32 Å². The van der Waals surface area contributed by atoms with Crippen LogP contribution in [-0.2, 0) is 0 Å². The summed E-state index contributed by atoms with van der Waals surface area (Å²) in [6, 6.07) is 1.50. The van der Waals surface area contributed by atoms with Gasteiger partial charge in [-0.2, -0.15) is 5.10 Å². The topological polar surface area (TPSA) is 105 Å². The van der Waals surface area contributed by atoms with Gasteiger partial charge in [0.1, 0.15) is 10.7 Å². The van der Waals surface area contributed by atoms with E-state index >= 15 is 0 Å². The third kappa shape index (κ3) is 5.02. The molecular formula is C20H28FN7S. The van der Waals surface area contributed by atoms with Gasteiger partial charge in [0.15, 0.2) is 11.0 Å². The predicted octanol–water partition coefficient (Wildman–Crippen LogP) is 3.85. The van der Waals surface area contributed by atoms with E-state index < -0.39 is 5.82 Å². The molecule has 0 amide bonds. The number of halogens is 1. The monoisotopic (exact) mass is 417 g/mol. The Kier molecular flexibility index (Phi) is 5.82. The van der Waals surface area contributed by atoms with Crippen molar-refractivity contribution in [3.05, 3.63) is 36.2 Å². The molecule has 7 nitrogen and oxygen atoms in total. The molecule has 0 radical (unpaired) electrons. The summed E-state index contributed by atoms with van der Waals surface area (Å²) in [4.78, 5) is 6.01. The van der Waals surface area contributed by atoms with Crippen LogP contribution >= 0.6 is 11.8 Å². The fourth-order valence-corrected chi connectivity index (χ4v) is 4.83. The van der Waals surface area contributed by atoms with E-state index in [9.17, 15) is 4.39 Å². The highest BCUT2D eigenvalue weighted by Gasteiger charge is 2.39. The molecular weight excluding hydrogens is 389 g/mol. The minimum atomic E-state index is -0.583. The van der Waals surface area contributed by atoms with Gasteiger partial charge in [-0.15, -0.1) is 0 Å². The molecule has 29 heavy (non-hydrogen) atoms. The molecule has 9 heteroatoms. The van der Waals surface area contributed by atoms with Gasteiger partial charge in [-0.3, -0.25) is 20.9 Å². The van der Waals surface area contributed by atoms with E-state index in [4.69, 9.17) is 10.8 Å². The third-order valence-electron chi connectivity index (χ3n) is 5.12. The van der Waals surface area contributed by atoms with Crippen LogP contribution in [0, 0.1) is 16.6 Å². The van der Waals surface area contributed by atoms with Crippen LogP contribution in [0.3, 0.4) is 0 Å². The molecule has 1 aliphatic rings. The molecule has 0 unspecified atom stereocenters. The van der Waals surface area contributed by atoms with Crippen molar-refractivity contribution in [1.82, 2.24) is 25.4 Å². The lowest BCUT2D eigenvalue weighted by Crippen LogP contribution is -2.62. The molecule has 0 spiro atoms. The summed E-state index contributed by atoms with van der Waals surface area (Å²) >= 11 is 0.923. The van der Waals surface area contributed by atoms with E-state index in [1.807, 2.05) is 11.9 Å². The van der Waals surface area contributed by atoms with Crippen molar-refractivity contribution in [2.24, 2.45) is 0 Å². The molecule has 1 saturated heterocycles. The van der Waals surface area contributed by atoms with Crippen LogP contribution in [0.15, 0.2) is 24.7 Å². The molecule has 0 aromatic carbocycles. The summed E-state index contributed by atoms with van der Waals surface area (Å²) in [6.45, 7) is 8.64. The van der Waals surface area contributed by atoms with E-state index in [0.717, 1.165) is 30.2 Å². The van der Waals surface area contributed by atoms with Crippen LogP contribution in [0.5, 0.6) is 0 Å². The van der Waals surface area contributed by atoms with Gasteiger partial charge in [0.05, 0.1) is 6.20 Å². The Balaban J connectivity index is 1.69. The lowest BCUT2D eigenvalue weighted by molar-refractivity contribution is 0.114. The second-order valence-electron chi connectivity index (χ2n) is 8.84. The smallest absolute Gasteiger partial charge is 0.162 e. The summed E-state index contributed by atoms with van der Waals surface area (Å²) in [7, 11) is 1.87. The normalized spacial score (nSPS) is 18.4. The molecule has 2 aromatic rings. The highest BCUT2D eigenvalue weighted by molar-refractivity contribution is 8.26. The summed E-state index contributed by atoms with van der Waals surface area (Å²) in [5, 5.41) is 27.0. The van der Waals surface area contributed by atoms with Crippen LogP contribution in [0.1, 0.15) is 46.2 Å². The van der Waals surface area contributed by atoms with Crippen molar-refractivity contribution in [3.8, 4) is 11.1 Å². The van der Waals surface area contributed by atoms with Crippen LogP contribution in [0.2, 0.25) is 0 Å². The minimum absolute atomic E-state index is 0.0459.